The third kappa shape index (κ3) is 4.31. The van der Waals surface area contributed by atoms with Crippen molar-refractivity contribution in [3.05, 3.63) is 53.5 Å². The van der Waals surface area contributed by atoms with Crippen molar-refractivity contribution in [2.24, 2.45) is 0 Å². The van der Waals surface area contributed by atoms with Gasteiger partial charge in [0.25, 0.3) is 0 Å². The Labute approximate surface area is 119 Å². The van der Waals surface area contributed by atoms with E-state index in [4.69, 9.17) is 0 Å². The van der Waals surface area contributed by atoms with Gasteiger partial charge < -0.3 is 10.4 Å². The number of anilines is 1. The second-order valence-corrected chi connectivity index (χ2v) is 4.87. The molecule has 20 heavy (non-hydrogen) atoms. The standard InChI is InChI=1S/C16H21N3O/c1-3-14-10-16(19-12(2)18-14)17-11-15(20)9-13-7-5-4-6-8-13/h4-8,10,15,20H,3,9,11H2,1-2H3,(H,17,18,19). The van der Waals surface area contributed by atoms with E-state index in [1.54, 1.807) is 0 Å². The van der Waals surface area contributed by atoms with Crippen molar-refractivity contribution in [2.75, 3.05) is 11.9 Å². The summed E-state index contributed by atoms with van der Waals surface area (Å²) in [7, 11) is 0. The number of aromatic nitrogens is 2. The number of hydrogen-bond acceptors (Lipinski definition) is 4. The molecule has 0 fully saturated rings. The molecule has 1 aromatic carbocycles. The lowest BCUT2D eigenvalue weighted by atomic mass is 10.1. The molecule has 2 aromatic rings. The van der Waals surface area contributed by atoms with Gasteiger partial charge in [0.15, 0.2) is 0 Å². The highest BCUT2D eigenvalue weighted by Gasteiger charge is 2.06. The van der Waals surface area contributed by atoms with E-state index >= 15 is 0 Å². The van der Waals surface area contributed by atoms with E-state index in [-0.39, 0.29) is 0 Å². The molecule has 0 radical (unpaired) electrons. The third-order valence-corrected chi connectivity index (χ3v) is 3.09. The first-order valence-electron chi connectivity index (χ1n) is 6.97. The van der Waals surface area contributed by atoms with E-state index in [1.165, 1.54) is 0 Å². The molecule has 1 atom stereocenters. The molecule has 0 spiro atoms. The van der Waals surface area contributed by atoms with Crippen LogP contribution < -0.4 is 5.32 Å². The van der Waals surface area contributed by atoms with Crippen LogP contribution in [0, 0.1) is 6.92 Å². The van der Waals surface area contributed by atoms with Crippen molar-refractivity contribution < 1.29 is 5.11 Å². The molecule has 1 unspecified atom stereocenters. The minimum absolute atomic E-state index is 0.433. The zero-order chi connectivity index (χ0) is 14.4. The van der Waals surface area contributed by atoms with Crippen LogP contribution in [0.2, 0.25) is 0 Å². The van der Waals surface area contributed by atoms with Crippen molar-refractivity contribution in [3.8, 4) is 0 Å². The molecule has 4 nitrogen and oxygen atoms in total. The van der Waals surface area contributed by atoms with Gasteiger partial charge in [0, 0.05) is 24.7 Å². The maximum Gasteiger partial charge on any atom is 0.130 e. The molecule has 4 heteroatoms. The second-order valence-electron chi connectivity index (χ2n) is 4.87. The first kappa shape index (κ1) is 14.5. The van der Waals surface area contributed by atoms with Crippen molar-refractivity contribution in [1.82, 2.24) is 9.97 Å². The lowest BCUT2D eigenvalue weighted by molar-refractivity contribution is 0.188. The summed E-state index contributed by atoms with van der Waals surface area (Å²) >= 11 is 0. The van der Waals surface area contributed by atoms with Gasteiger partial charge in [-0.3, -0.25) is 0 Å². The van der Waals surface area contributed by atoms with E-state index in [0.29, 0.717) is 13.0 Å². The fourth-order valence-corrected chi connectivity index (χ4v) is 2.08. The number of nitrogens with one attached hydrogen (secondary N) is 1. The summed E-state index contributed by atoms with van der Waals surface area (Å²) in [6.45, 7) is 4.43. The second kappa shape index (κ2) is 7.01. The summed E-state index contributed by atoms with van der Waals surface area (Å²) in [5.41, 5.74) is 2.15. The molecule has 1 aromatic heterocycles. The number of hydrogen-bond donors (Lipinski definition) is 2. The third-order valence-electron chi connectivity index (χ3n) is 3.09. The van der Waals surface area contributed by atoms with Crippen LogP contribution in [0.25, 0.3) is 0 Å². The molecule has 106 valence electrons. The summed E-state index contributed by atoms with van der Waals surface area (Å²) in [5, 5.41) is 13.2. The van der Waals surface area contributed by atoms with Gasteiger partial charge in [0.05, 0.1) is 6.10 Å². The largest absolute Gasteiger partial charge is 0.391 e. The first-order valence-corrected chi connectivity index (χ1v) is 6.97. The highest BCUT2D eigenvalue weighted by molar-refractivity contribution is 5.36. The number of aryl methyl sites for hydroxylation is 2. The molecule has 1 heterocycles. The van der Waals surface area contributed by atoms with Crippen LogP contribution in [-0.4, -0.2) is 27.7 Å². The number of nitrogens with zero attached hydrogens (tertiary/aromatic N) is 2. The van der Waals surface area contributed by atoms with Crippen LogP contribution in [0.4, 0.5) is 5.82 Å². The minimum atomic E-state index is -0.433. The van der Waals surface area contributed by atoms with Crippen LogP contribution in [0.15, 0.2) is 36.4 Å². The van der Waals surface area contributed by atoms with Gasteiger partial charge in [0.1, 0.15) is 11.6 Å². The van der Waals surface area contributed by atoms with Crippen LogP contribution in [0.5, 0.6) is 0 Å². The topological polar surface area (TPSA) is 58.0 Å². The molecule has 0 saturated heterocycles. The van der Waals surface area contributed by atoms with Gasteiger partial charge in [-0.05, 0) is 18.9 Å². The Morgan fingerprint density at radius 3 is 2.65 bits per heavy atom. The Balaban J connectivity index is 1.90. The summed E-state index contributed by atoms with van der Waals surface area (Å²) in [4.78, 5) is 8.66. The van der Waals surface area contributed by atoms with Crippen LogP contribution in [0.1, 0.15) is 24.0 Å². The normalized spacial score (nSPS) is 12.2. The Kier molecular flexibility index (Phi) is 5.07. The molecule has 0 amide bonds. The highest BCUT2D eigenvalue weighted by atomic mass is 16.3. The van der Waals surface area contributed by atoms with Gasteiger partial charge in [-0.25, -0.2) is 9.97 Å². The lowest BCUT2D eigenvalue weighted by Gasteiger charge is -2.13. The highest BCUT2D eigenvalue weighted by Crippen LogP contribution is 2.08. The van der Waals surface area contributed by atoms with E-state index in [9.17, 15) is 5.11 Å². The quantitative estimate of drug-likeness (QED) is 0.847. The zero-order valence-corrected chi connectivity index (χ0v) is 12.0. The van der Waals surface area contributed by atoms with E-state index in [0.717, 1.165) is 29.3 Å². The molecule has 0 bridgehead atoms. The summed E-state index contributed by atoms with van der Waals surface area (Å²) < 4.78 is 0. The van der Waals surface area contributed by atoms with Crippen molar-refractivity contribution in [3.63, 3.8) is 0 Å². The van der Waals surface area contributed by atoms with E-state index < -0.39 is 6.10 Å². The van der Waals surface area contributed by atoms with Gasteiger partial charge in [-0.1, -0.05) is 37.3 Å². The van der Waals surface area contributed by atoms with Crippen molar-refractivity contribution in [2.45, 2.75) is 32.8 Å². The van der Waals surface area contributed by atoms with Crippen LogP contribution in [-0.2, 0) is 12.8 Å². The Morgan fingerprint density at radius 1 is 1.20 bits per heavy atom. The van der Waals surface area contributed by atoms with Gasteiger partial charge >= 0.3 is 0 Å². The first-order chi connectivity index (χ1) is 9.67. The number of benzene rings is 1. The van der Waals surface area contributed by atoms with Crippen molar-refractivity contribution in [1.29, 1.82) is 0 Å². The predicted octanol–water partition coefficient (Wildman–Crippen LogP) is 2.36. The smallest absolute Gasteiger partial charge is 0.130 e. The summed E-state index contributed by atoms with van der Waals surface area (Å²) in [6, 6.07) is 11.9. The number of aliphatic hydroxyl groups excluding tert-OH is 1. The number of rotatable bonds is 6. The molecule has 0 aliphatic heterocycles. The molecule has 2 N–H and O–H groups in total. The maximum atomic E-state index is 10.1. The molecule has 0 saturated carbocycles. The van der Waals surface area contributed by atoms with Crippen LogP contribution in [0.3, 0.4) is 0 Å². The molecule has 0 aliphatic rings. The average Bonchev–Trinajstić information content (AvgIpc) is 2.45. The van der Waals surface area contributed by atoms with Gasteiger partial charge in [0.2, 0.25) is 0 Å². The minimum Gasteiger partial charge on any atom is -0.391 e. The molecule has 0 aliphatic carbocycles. The van der Waals surface area contributed by atoms with E-state index in [2.05, 4.69) is 22.2 Å². The fourth-order valence-electron chi connectivity index (χ4n) is 2.08. The Bertz CT molecular complexity index is 543. The monoisotopic (exact) mass is 271 g/mol. The summed E-state index contributed by atoms with van der Waals surface area (Å²) in [6.07, 6.45) is 1.08. The van der Waals surface area contributed by atoms with Gasteiger partial charge in [-0.15, -0.1) is 0 Å². The van der Waals surface area contributed by atoms with Gasteiger partial charge in [-0.2, -0.15) is 0 Å². The van der Waals surface area contributed by atoms with E-state index in [1.807, 2.05) is 43.3 Å². The SMILES string of the molecule is CCc1cc(NCC(O)Cc2ccccc2)nc(C)n1. The predicted molar refractivity (Wildman–Crippen MR) is 80.8 cm³/mol. The summed E-state index contributed by atoms with van der Waals surface area (Å²) in [5.74, 6) is 1.53. The lowest BCUT2D eigenvalue weighted by Crippen LogP contribution is -2.22. The molecule has 2 rings (SSSR count). The van der Waals surface area contributed by atoms with Crippen LogP contribution >= 0.6 is 0 Å². The number of aliphatic hydroxyl groups is 1. The molecular weight excluding hydrogens is 250 g/mol. The Hall–Kier alpha value is -1.94. The Morgan fingerprint density at radius 2 is 1.95 bits per heavy atom. The van der Waals surface area contributed by atoms with Crippen molar-refractivity contribution >= 4 is 5.82 Å². The maximum absolute atomic E-state index is 10.1. The zero-order valence-electron chi connectivity index (χ0n) is 12.0. The molecular formula is C16H21N3O. The average molecular weight is 271 g/mol. The fraction of sp³-hybridized carbons (Fsp3) is 0.375.